The molecule has 0 saturated heterocycles. The summed E-state index contributed by atoms with van der Waals surface area (Å²) in [5.74, 6) is 1.35. The first kappa shape index (κ1) is 23.4. The quantitative estimate of drug-likeness (QED) is 0.363. The van der Waals surface area contributed by atoms with E-state index in [-0.39, 0.29) is 17.5 Å². The van der Waals surface area contributed by atoms with Gasteiger partial charge >= 0.3 is 0 Å². The number of hydrogen-bond donors (Lipinski definition) is 1. The number of nitrogens with zero attached hydrogens (tertiary/aromatic N) is 4. The van der Waals surface area contributed by atoms with Crippen LogP contribution in [0, 0.1) is 26.6 Å². The number of thioether (sulfide) groups is 1. The van der Waals surface area contributed by atoms with Gasteiger partial charge in [0.25, 0.3) is 0 Å². The first-order valence-corrected chi connectivity index (χ1v) is 11.6. The third kappa shape index (κ3) is 5.79. The maximum Gasteiger partial charge on any atom is 0.230 e. The van der Waals surface area contributed by atoms with Gasteiger partial charge in [0.1, 0.15) is 17.4 Å². The van der Waals surface area contributed by atoms with Crippen molar-refractivity contribution in [1.82, 2.24) is 25.1 Å². The predicted octanol–water partition coefficient (Wildman–Crippen LogP) is 4.93. The first-order chi connectivity index (χ1) is 16.4. The van der Waals surface area contributed by atoms with Crippen LogP contribution in [0.2, 0.25) is 0 Å². The Bertz CT molecular complexity index is 1310. The highest BCUT2D eigenvalue weighted by molar-refractivity contribution is 7.99. The lowest BCUT2D eigenvalue weighted by Gasteiger charge is -2.12. The molecule has 0 aliphatic heterocycles. The minimum atomic E-state index is -0.336. The van der Waals surface area contributed by atoms with Crippen LogP contribution in [0.25, 0.3) is 5.69 Å². The Morgan fingerprint density at radius 3 is 2.65 bits per heavy atom. The van der Waals surface area contributed by atoms with Crippen molar-refractivity contribution in [2.24, 2.45) is 0 Å². The number of ether oxygens (including phenoxy) is 1. The monoisotopic (exact) mass is 477 g/mol. The topological polar surface area (TPSA) is 81.9 Å². The second kappa shape index (κ2) is 10.5. The van der Waals surface area contributed by atoms with E-state index in [1.807, 2.05) is 25.3 Å². The van der Waals surface area contributed by atoms with E-state index in [2.05, 4.69) is 38.7 Å². The van der Waals surface area contributed by atoms with Crippen LogP contribution in [0.4, 0.5) is 4.39 Å². The number of amides is 1. The lowest BCUT2D eigenvalue weighted by Crippen LogP contribution is -2.24. The van der Waals surface area contributed by atoms with Crippen molar-refractivity contribution in [3.05, 3.63) is 89.1 Å². The molecule has 4 rings (SSSR count). The molecule has 7 nitrogen and oxygen atoms in total. The minimum absolute atomic E-state index is 0.129. The van der Waals surface area contributed by atoms with Gasteiger partial charge in [0.15, 0.2) is 5.16 Å². The Kier molecular flexibility index (Phi) is 7.22. The Balaban J connectivity index is 1.35. The molecule has 2 heterocycles. The number of carbonyl (C=O) groups excluding carboxylic acids is 1. The molecule has 0 saturated carbocycles. The van der Waals surface area contributed by atoms with Crippen LogP contribution in [0.3, 0.4) is 0 Å². The largest absolute Gasteiger partial charge is 0.439 e. The van der Waals surface area contributed by atoms with Crippen LogP contribution in [0.15, 0.2) is 66.0 Å². The Hall–Kier alpha value is -3.72. The Morgan fingerprint density at radius 1 is 1.06 bits per heavy atom. The van der Waals surface area contributed by atoms with E-state index in [4.69, 9.17) is 4.74 Å². The smallest absolute Gasteiger partial charge is 0.230 e. The molecule has 1 N–H and O–H groups in total. The zero-order valence-corrected chi connectivity index (χ0v) is 19.9. The maximum atomic E-state index is 13.1. The van der Waals surface area contributed by atoms with Crippen molar-refractivity contribution < 1.29 is 13.9 Å². The molecule has 34 heavy (non-hydrogen) atoms. The average molecular weight is 478 g/mol. The summed E-state index contributed by atoms with van der Waals surface area (Å²) in [6.07, 6.45) is 1.60. The van der Waals surface area contributed by atoms with E-state index in [9.17, 15) is 9.18 Å². The van der Waals surface area contributed by atoms with Crippen LogP contribution < -0.4 is 10.1 Å². The molecule has 1 amide bonds. The summed E-state index contributed by atoms with van der Waals surface area (Å²) in [6, 6.07) is 15.4. The second-order valence-corrected chi connectivity index (χ2v) is 8.72. The second-order valence-electron chi connectivity index (χ2n) is 7.78. The molecule has 0 fully saturated rings. The summed E-state index contributed by atoms with van der Waals surface area (Å²) < 4.78 is 20.7. The summed E-state index contributed by atoms with van der Waals surface area (Å²) in [4.78, 5) is 16.7. The van der Waals surface area contributed by atoms with Crippen molar-refractivity contribution in [3.8, 4) is 17.3 Å². The Morgan fingerprint density at radius 2 is 1.85 bits per heavy atom. The normalized spacial score (nSPS) is 10.8. The van der Waals surface area contributed by atoms with E-state index in [0.29, 0.717) is 23.3 Å². The molecule has 0 unspecified atom stereocenters. The van der Waals surface area contributed by atoms with Gasteiger partial charge in [-0.3, -0.25) is 9.36 Å². The summed E-state index contributed by atoms with van der Waals surface area (Å²) >= 11 is 1.34. The van der Waals surface area contributed by atoms with E-state index in [0.717, 1.165) is 28.2 Å². The number of aryl methyl sites for hydroxylation is 3. The van der Waals surface area contributed by atoms with Crippen molar-refractivity contribution in [1.29, 1.82) is 0 Å². The fourth-order valence-corrected chi connectivity index (χ4v) is 4.12. The number of halogens is 1. The minimum Gasteiger partial charge on any atom is -0.439 e. The molecular weight excluding hydrogens is 453 g/mol. The van der Waals surface area contributed by atoms with E-state index in [1.165, 1.54) is 36.0 Å². The Labute approximate surface area is 201 Å². The number of nitrogens with one attached hydrogen (secondary N) is 1. The number of hydrogen-bond acceptors (Lipinski definition) is 6. The summed E-state index contributed by atoms with van der Waals surface area (Å²) in [5, 5.41) is 12.0. The van der Waals surface area contributed by atoms with Gasteiger partial charge in [-0.05, 0) is 73.9 Å². The number of pyridine rings is 1. The molecule has 0 spiro atoms. The van der Waals surface area contributed by atoms with Gasteiger partial charge in [0.05, 0.1) is 11.4 Å². The van der Waals surface area contributed by atoms with Crippen molar-refractivity contribution >= 4 is 17.7 Å². The van der Waals surface area contributed by atoms with Crippen LogP contribution in [0.5, 0.6) is 11.6 Å². The third-order valence-corrected chi connectivity index (χ3v) is 5.99. The third-order valence-electron chi connectivity index (χ3n) is 5.06. The van der Waals surface area contributed by atoms with Crippen molar-refractivity contribution in [3.63, 3.8) is 0 Å². The zero-order valence-electron chi connectivity index (χ0n) is 19.1. The van der Waals surface area contributed by atoms with Gasteiger partial charge in [0, 0.05) is 18.8 Å². The SMILES string of the molecule is Cc1ccc(C)c(-n2c(C)nnc2SCC(=O)NCc2ccnc(Oc3ccc(F)cc3)c2)c1. The van der Waals surface area contributed by atoms with Crippen LogP contribution in [-0.4, -0.2) is 31.4 Å². The van der Waals surface area contributed by atoms with E-state index in [1.54, 1.807) is 18.3 Å². The van der Waals surface area contributed by atoms with Gasteiger partial charge in [-0.2, -0.15) is 0 Å². The summed E-state index contributed by atoms with van der Waals surface area (Å²) in [5.41, 5.74) is 4.09. The highest BCUT2D eigenvalue weighted by Gasteiger charge is 2.15. The fourth-order valence-electron chi connectivity index (χ4n) is 3.30. The highest BCUT2D eigenvalue weighted by atomic mass is 32.2. The maximum absolute atomic E-state index is 13.1. The molecule has 9 heteroatoms. The van der Waals surface area contributed by atoms with Crippen molar-refractivity contribution in [2.45, 2.75) is 32.5 Å². The zero-order chi connectivity index (χ0) is 24.1. The molecule has 0 atom stereocenters. The standard InChI is InChI=1S/C25H24FN5O2S/c1-16-4-5-17(2)22(12-16)31-18(3)29-30-25(31)34-15-23(32)28-14-19-10-11-27-24(13-19)33-21-8-6-20(26)7-9-21/h4-13H,14-15H2,1-3H3,(H,28,32). The first-order valence-electron chi connectivity index (χ1n) is 10.7. The molecule has 4 aromatic rings. The molecule has 0 aliphatic rings. The highest BCUT2D eigenvalue weighted by Crippen LogP contribution is 2.25. The molecule has 0 radical (unpaired) electrons. The van der Waals surface area contributed by atoms with Crippen LogP contribution >= 0.6 is 11.8 Å². The number of benzene rings is 2. The van der Waals surface area contributed by atoms with Gasteiger partial charge in [-0.25, -0.2) is 9.37 Å². The lowest BCUT2D eigenvalue weighted by molar-refractivity contribution is -0.118. The average Bonchev–Trinajstić information content (AvgIpc) is 3.19. The summed E-state index contributed by atoms with van der Waals surface area (Å²) in [6.45, 7) is 6.30. The summed E-state index contributed by atoms with van der Waals surface area (Å²) in [7, 11) is 0. The van der Waals surface area contributed by atoms with Crippen LogP contribution in [-0.2, 0) is 11.3 Å². The molecule has 0 bridgehead atoms. The lowest BCUT2D eigenvalue weighted by atomic mass is 10.1. The van der Waals surface area contributed by atoms with Gasteiger partial charge in [-0.1, -0.05) is 23.9 Å². The van der Waals surface area contributed by atoms with Gasteiger partial charge in [-0.15, -0.1) is 10.2 Å². The molecule has 174 valence electrons. The van der Waals surface area contributed by atoms with Crippen molar-refractivity contribution in [2.75, 3.05) is 5.75 Å². The molecule has 2 aromatic heterocycles. The molecular formula is C25H24FN5O2S. The van der Waals surface area contributed by atoms with E-state index < -0.39 is 0 Å². The number of aromatic nitrogens is 4. The fraction of sp³-hybridized carbons (Fsp3) is 0.200. The number of carbonyl (C=O) groups is 1. The predicted molar refractivity (Wildman–Crippen MR) is 129 cm³/mol. The van der Waals surface area contributed by atoms with Gasteiger partial charge < -0.3 is 10.1 Å². The molecule has 2 aromatic carbocycles. The van der Waals surface area contributed by atoms with Gasteiger partial charge in [0.2, 0.25) is 11.8 Å². The number of rotatable bonds is 8. The van der Waals surface area contributed by atoms with E-state index >= 15 is 0 Å². The van der Waals surface area contributed by atoms with Crippen LogP contribution in [0.1, 0.15) is 22.5 Å². The molecule has 0 aliphatic carbocycles.